The molecule has 1 aromatic carbocycles. The molecule has 0 saturated heterocycles. The van der Waals surface area contributed by atoms with Crippen LogP contribution in [0.4, 0.5) is 10.5 Å². The number of aromatic nitrogens is 1. The van der Waals surface area contributed by atoms with Crippen molar-refractivity contribution in [1.82, 2.24) is 10.3 Å². The number of nitrogens with zero attached hydrogens (tertiary/aromatic N) is 1. The molecule has 0 saturated carbocycles. The molecule has 23 heavy (non-hydrogen) atoms. The fourth-order valence-corrected chi connectivity index (χ4v) is 2.22. The fourth-order valence-electron chi connectivity index (χ4n) is 1.99. The van der Waals surface area contributed by atoms with E-state index in [2.05, 4.69) is 15.6 Å². The lowest BCUT2D eigenvalue weighted by Crippen LogP contribution is -2.28. The molecule has 2 amide bonds. The van der Waals surface area contributed by atoms with Gasteiger partial charge in [0, 0.05) is 17.8 Å². The summed E-state index contributed by atoms with van der Waals surface area (Å²) in [5, 5.41) is 5.85. The second-order valence-corrected chi connectivity index (χ2v) is 5.17. The lowest BCUT2D eigenvalue weighted by molar-refractivity contribution is 0.251. The topological polar surface area (TPSA) is 72.5 Å². The molecule has 2 aromatic rings. The second kappa shape index (κ2) is 7.69. The Balaban J connectivity index is 2.05. The molecule has 0 unspecified atom stereocenters. The van der Waals surface area contributed by atoms with Gasteiger partial charge in [-0.05, 0) is 19.1 Å². The van der Waals surface area contributed by atoms with E-state index in [0.717, 1.165) is 11.4 Å². The SMILES string of the molecule is COc1cc(NC(=O)NCc2cccc(C)n2)c(OC)cc1Cl. The Morgan fingerprint density at radius 3 is 2.61 bits per heavy atom. The number of halogens is 1. The highest BCUT2D eigenvalue weighted by Crippen LogP contribution is 2.35. The van der Waals surface area contributed by atoms with E-state index in [0.29, 0.717) is 28.8 Å². The van der Waals surface area contributed by atoms with Crippen LogP contribution in [-0.2, 0) is 6.54 Å². The molecular formula is C16H18ClN3O3. The van der Waals surface area contributed by atoms with Gasteiger partial charge in [0.15, 0.2) is 0 Å². The minimum Gasteiger partial charge on any atom is -0.495 e. The number of benzene rings is 1. The predicted molar refractivity (Wildman–Crippen MR) is 89.4 cm³/mol. The van der Waals surface area contributed by atoms with Gasteiger partial charge in [-0.15, -0.1) is 0 Å². The summed E-state index contributed by atoms with van der Waals surface area (Å²) in [6.07, 6.45) is 0. The molecule has 0 aliphatic rings. The molecule has 0 spiro atoms. The summed E-state index contributed by atoms with van der Waals surface area (Å²) >= 11 is 6.03. The molecule has 6 nitrogen and oxygen atoms in total. The van der Waals surface area contributed by atoms with Crippen molar-refractivity contribution in [3.63, 3.8) is 0 Å². The van der Waals surface area contributed by atoms with Crippen molar-refractivity contribution in [1.29, 1.82) is 0 Å². The number of anilines is 1. The highest BCUT2D eigenvalue weighted by Gasteiger charge is 2.12. The van der Waals surface area contributed by atoms with Gasteiger partial charge >= 0.3 is 6.03 Å². The third-order valence-electron chi connectivity index (χ3n) is 3.10. The fraction of sp³-hybridized carbons (Fsp3) is 0.250. The number of carbonyl (C=O) groups is 1. The van der Waals surface area contributed by atoms with Gasteiger partial charge in [0.05, 0.1) is 37.2 Å². The zero-order chi connectivity index (χ0) is 16.8. The van der Waals surface area contributed by atoms with Gasteiger partial charge in [-0.1, -0.05) is 17.7 Å². The lowest BCUT2D eigenvalue weighted by Gasteiger charge is -2.13. The number of hydrogen-bond donors (Lipinski definition) is 2. The zero-order valence-electron chi connectivity index (χ0n) is 13.1. The normalized spacial score (nSPS) is 10.1. The number of ether oxygens (including phenoxy) is 2. The van der Waals surface area contributed by atoms with Gasteiger partial charge in [0.1, 0.15) is 11.5 Å². The minimum atomic E-state index is -0.379. The number of aryl methyl sites for hydroxylation is 1. The Hall–Kier alpha value is -2.47. The number of urea groups is 1. The molecule has 0 fully saturated rings. The summed E-state index contributed by atoms with van der Waals surface area (Å²) < 4.78 is 10.4. The van der Waals surface area contributed by atoms with E-state index in [1.54, 1.807) is 12.1 Å². The summed E-state index contributed by atoms with van der Waals surface area (Å²) in [7, 11) is 3.00. The van der Waals surface area contributed by atoms with E-state index in [4.69, 9.17) is 21.1 Å². The van der Waals surface area contributed by atoms with Crippen LogP contribution < -0.4 is 20.1 Å². The van der Waals surface area contributed by atoms with Gasteiger partial charge in [-0.2, -0.15) is 0 Å². The number of methoxy groups -OCH3 is 2. The molecular weight excluding hydrogens is 318 g/mol. The molecule has 7 heteroatoms. The summed E-state index contributed by atoms with van der Waals surface area (Å²) in [5.74, 6) is 0.891. The zero-order valence-corrected chi connectivity index (χ0v) is 13.9. The van der Waals surface area contributed by atoms with Crippen molar-refractivity contribution in [3.05, 3.63) is 46.7 Å². The number of nitrogens with one attached hydrogen (secondary N) is 2. The Kier molecular flexibility index (Phi) is 5.65. The second-order valence-electron chi connectivity index (χ2n) is 4.77. The van der Waals surface area contributed by atoms with Crippen molar-refractivity contribution in [2.45, 2.75) is 13.5 Å². The van der Waals surface area contributed by atoms with Crippen LogP contribution in [0.1, 0.15) is 11.4 Å². The standard InChI is InChI=1S/C16H18ClN3O3/c1-10-5-4-6-11(19-10)9-18-16(21)20-13-8-14(22-2)12(17)7-15(13)23-3/h4-8H,9H2,1-3H3,(H2,18,20,21). The van der Waals surface area contributed by atoms with Crippen molar-refractivity contribution in [2.75, 3.05) is 19.5 Å². The summed E-state index contributed by atoms with van der Waals surface area (Å²) in [6, 6.07) is 8.44. The van der Waals surface area contributed by atoms with Gasteiger partial charge in [0.25, 0.3) is 0 Å². The van der Waals surface area contributed by atoms with E-state index >= 15 is 0 Å². The highest BCUT2D eigenvalue weighted by molar-refractivity contribution is 6.32. The number of pyridine rings is 1. The van der Waals surface area contributed by atoms with Crippen molar-refractivity contribution in [3.8, 4) is 11.5 Å². The predicted octanol–water partition coefficient (Wildman–Crippen LogP) is 3.38. The quantitative estimate of drug-likeness (QED) is 0.878. The van der Waals surface area contributed by atoms with Crippen LogP contribution in [0.3, 0.4) is 0 Å². The third kappa shape index (κ3) is 4.50. The Morgan fingerprint density at radius 2 is 1.96 bits per heavy atom. The van der Waals surface area contributed by atoms with E-state index < -0.39 is 0 Å². The van der Waals surface area contributed by atoms with E-state index in [-0.39, 0.29) is 6.03 Å². The molecule has 0 radical (unpaired) electrons. The molecule has 0 aliphatic heterocycles. The summed E-state index contributed by atoms with van der Waals surface area (Å²) in [6.45, 7) is 2.22. The van der Waals surface area contributed by atoms with Crippen molar-refractivity contribution < 1.29 is 14.3 Å². The smallest absolute Gasteiger partial charge is 0.319 e. The monoisotopic (exact) mass is 335 g/mol. The molecule has 2 N–H and O–H groups in total. The molecule has 0 atom stereocenters. The number of carbonyl (C=O) groups excluding carboxylic acids is 1. The van der Waals surface area contributed by atoms with Crippen LogP contribution in [0, 0.1) is 6.92 Å². The molecule has 2 rings (SSSR count). The summed E-state index contributed by atoms with van der Waals surface area (Å²) in [5.41, 5.74) is 2.14. The first-order valence-electron chi connectivity index (χ1n) is 6.92. The van der Waals surface area contributed by atoms with E-state index in [1.165, 1.54) is 14.2 Å². The van der Waals surface area contributed by atoms with Crippen molar-refractivity contribution in [2.24, 2.45) is 0 Å². The summed E-state index contributed by atoms with van der Waals surface area (Å²) in [4.78, 5) is 16.4. The van der Waals surface area contributed by atoms with Crippen LogP contribution >= 0.6 is 11.6 Å². The minimum absolute atomic E-state index is 0.320. The lowest BCUT2D eigenvalue weighted by atomic mass is 10.2. The van der Waals surface area contributed by atoms with E-state index in [9.17, 15) is 4.79 Å². The first kappa shape index (κ1) is 16.9. The number of amides is 2. The average molecular weight is 336 g/mol. The average Bonchev–Trinajstić information content (AvgIpc) is 2.54. The third-order valence-corrected chi connectivity index (χ3v) is 3.39. The number of rotatable bonds is 5. The van der Waals surface area contributed by atoms with Crippen LogP contribution in [0.5, 0.6) is 11.5 Å². The maximum Gasteiger partial charge on any atom is 0.319 e. The Bertz CT molecular complexity index is 707. The van der Waals surface area contributed by atoms with Gasteiger partial charge in [-0.25, -0.2) is 4.79 Å². The first-order valence-corrected chi connectivity index (χ1v) is 7.30. The Labute approximate surface area is 139 Å². The molecule has 0 aliphatic carbocycles. The van der Waals surface area contributed by atoms with Gasteiger partial charge in [-0.3, -0.25) is 4.98 Å². The first-order chi connectivity index (χ1) is 11.0. The molecule has 0 bridgehead atoms. The van der Waals surface area contributed by atoms with E-state index in [1.807, 2.05) is 25.1 Å². The molecule has 122 valence electrons. The van der Waals surface area contributed by atoms with Crippen LogP contribution in [0.15, 0.2) is 30.3 Å². The maximum absolute atomic E-state index is 12.0. The molecule has 1 aromatic heterocycles. The van der Waals surface area contributed by atoms with Gasteiger partial charge < -0.3 is 20.1 Å². The van der Waals surface area contributed by atoms with Crippen LogP contribution in [0.25, 0.3) is 0 Å². The highest BCUT2D eigenvalue weighted by atomic mass is 35.5. The van der Waals surface area contributed by atoms with Crippen LogP contribution in [-0.4, -0.2) is 25.2 Å². The Morgan fingerprint density at radius 1 is 1.22 bits per heavy atom. The number of hydrogen-bond acceptors (Lipinski definition) is 4. The maximum atomic E-state index is 12.0. The molecule has 1 heterocycles. The largest absolute Gasteiger partial charge is 0.495 e. The van der Waals surface area contributed by atoms with Crippen LogP contribution in [0.2, 0.25) is 5.02 Å². The van der Waals surface area contributed by atoms with Gasteiger partial charge in [0.2, 0.25) is 0 Å². The van der Waals surface area contributed by atoms with Crippen molar-refractivity contribution >= 4 is 23.3 Å².